The summed E-state index contributed by atoms with van der Waals surface area (Å²) in [6.07, 6.45) is 4.48. The Bertz CT molecular complexity index is 394. The van der Waals surface area contributed by atoms with Crippen molar-refractivity contribution in [1.29, 1.82) is 5.26 Å². The van der Waals surface area contributed by atoms with Gasteiger partial charge in [0.2, 0.25) is 0 Å². The van der Waals surface area contributed by atoms with E-state index in [0.29, 0.717) is 13.1 Å². The second-order valence-electron chi connectivity index (χ2n) is 6.88. The summed E-state index contributed by atoms with van der Waals surface area (Å²) in [6.45, 7) is 8.45. The quantitative estimate of drug-likeness (QED) is 0.739. The number of hydrogen-bond acceptors (Lipinski definition) is 4. The molecule has 112 valence electrons. The van der Waals surface area contributed by atoms with E-state index >= 15 is 0 Å². The summed E-state index contributed by atoms with van der Waals surface area (Å²) >= 11 is 0. The molecule has 2 saturated heterocycles. The maximum atomic E-state index is 12.0. The van der Waals surface area contributed by atoms with Crippen molar-refractivity contribution in [3.8, 4) is 6.07 Å². The van der Waals surface area contributed by atoms with Crippen molar-refractivity contribution in [2.24, 2.45) is 0 Å². The number of carbonyl (C=O) groups is 1. The molecule has 2 fully saturated rings. The Morgan fingerprint density at radius 1 is 1.15 bits per heavy atom. The van der Waals surface area contributed by atoms with Crippen LogP contribution >= 0.6 is 0 Å². The van der Waals surface area contributed by atoms with Gasteiger partial charge < -0.3 is 9.64 Å². The van der Waals surface area contributed by atoms with Gasteiger partial charge in [0, 0.05) is 0 Å². The monoisotopic (exact) mass is 279 g/mol. The summed E-state index contributed by atoms with van der Waals surface area (Å²) in [5.74, 6) is 0. The average molecular weight is 279 g/mol. The minimum atomic E-state index is -0.485. The van der Waals surface area contributed by atoms with Gasteiger partial charge in [-0.2, -0.15) is 5.26 Å². The van der Waals surface area contributed by atoms with Crippen molar-refractivity contribution in [1.82, 2.24) is 9.80 Å². The summed E-state index contributed by atoms with van der Waals surface area (Å²) in [7, 11) is 0. The van der Waals surface area contributed by atoms with Crippen LogP contribution in [0.1, 0.15) is 46.5 Å². The number of likely N-dealkylation sites (tertiary alicyclic amines) is 2. The van der Waals surface area contributed by atoms with E-state index in [4.69, 9.17) is 4.74 Å². The van der Waals surface area contributed by atoms with Gasteiger partial charge >= 0.3 is 6.09 Å². The molecule has 5 heteroatoms. The topological polar surface area (TPSA) is 56.6 Å². The second kappa shape index (κ2) is 5.61. The van der Waals surface area contributed by atoms with Gasteiger partial charge in [0.05, 0.1) is 19.2 Å². The Hall–Kier alpha value is -1.28. The van der Waals surface area contributed by atoms with Gasteiger partial charge in [-0.15, -0.1) is 0 Å². The summed E-state index contributed by atoms with van der Waals surface area (Å²) in [5, 5.41) is 9.54. The Kier molecular flexibility index (Phi) is 4.24. The fourth-order valence-electron chi connectivity index (χ4n) is 2.88. The minimum Gasteiger partial charge on any atom is -0.444 e. The van der Waals surface area contributed by atoms with Crippen LogP contribution in [-0.4, -0.2) is 53.2 Å². The normalized spacial score (nSPS) is 23.4. The SMILES string of the molecule is CC(C)(C)OC(=O)N1CC(C#N)(N2CCCCCC2)C1. The molecule has 0 saturated carbocycles. The van der Waals surface area contributed by atoms with Crippen molar-refractivity contribution in [2.75, 3.05) is 26.2 Å². The first kappa shape index (κ1) is 15.1. The van der Waals surface area contributed by atoms with E-state index in [1.165, 1.54) is 12.8 Å². The Labute approximate surface area is 121 Å². The van der Waals surface area contributed by atoms with Crippen molar-refractivity contribution in [3.63, 3.8) is 0 Å². The molecule has 2 heterocycles. The molecule has 0 aromatic rings. The van der Waals surface area contributed by atoms with Crippen LogP contribution in [-0.2, 0) is 4.74 Å². The lowest BCUT2D eigenvalue weighted by atomic mass is 9.89. The third-order valence-corrected chi connectivity index (χ3v) is 3.98. The fourth-order valence-corrected chi connectivity index (χ4v) is 2.88. The molecule has 0 spiro atoms. The second-order valence-corrected chi connectivity index (χ2v) is 6.88. The maximum Gasteiger partial charge on any atom is 0.410 e. The molecule has 0 aromatic heterocycles. The van der Waals surface area contributed by atoms with Crippen LogP contribution in [0.15, 0.2) is 0 Å². The van der Waals surface area contributed by atoms with Crippen LogP contribution in [0.4, 0.5) is 4.79 Å². The minimum absolute atomic E-state index is 0.307. The van der Waals surface area contributed by atoms with Crippen molar-refractivity contribution in [2.45, 2.75) is 57.6 Å². The summed E-state index contributed by atoms with van der Waals surface area (Å²) in [4.78, 5) is 15.9. The molecule has 2 rings (SSSR count). The molecule has 0 aliphatic carbocycles. The molecule has 1 amide bonds. The Morgan fingerprint density at radius 3 is 2.15 bits per heavy atom. The van der Waals surface area contributed by atoms with E-state index in [1.54, 1.807) is 4.90 Å². The van der Waals surface area contributed by atoms with Crippen LogP contribution < -0.4 is 0 Å². The first-order valence-corrected chi connectivity index (χ1v) is 7.51. The zero-order valence-electron chi connectivity index (χ0n) is 12.8. The van der Waals surface area contributed by atoms with Crippen molar-refractivity contribution in [3.05, 3.63) is 0 Å². The molecule has 20 heavy (non-hydrogen) atoms. The highest BCUT2D eigenvalue weighted by atomic mass is 16.6. The first-order chi connectivity index (χ1) is 9.36. The van der Waals surface area contributed by atoms with E-state index in [0.717, 1.165) is 25.9 Å². The molecule has 0 N–H and O–H groups in total. The molecule has 0 bridgehead atoms. The third kappa shape index (κ3) is 3.24. The number of amides is 1. The zero-order valence-corrected chi connectivity index (χ0v) is 12.8. The predicted octanol–water partition coefficient (Wildman–Crippen LogP) is 2.38. The molecule has 0 atom stereocenters. The van der Waals surface area contributed by atoms with Crippen LogP contribution in [0.5, 0.6) is 0 Å². The Morgan fingerprint density at radius 2 is 1.70 bits per heavy atom. The zero-order chi connectivity index (χ0) is 14.8. The van der Waals surface area contributed by atoms with Gasteiger partial charge in [0.25, 0.3) is 0 Å². The molecule has 2 aliphatic rings. The maximum absolute atomic E-state index is 12.0. The molecular formula is C15H25N3O2. The Balaban J connectivity index is 1.94. The van der Waals surface area contributed by atoms with E-state index in [2.05, 4.69) is 11.0 Å². The fraction of sp³-hybridized carbons (Fsp3) is 0.867. The smallest absolute Gasteiger partial charge is 0.410 e. The predicted molar refractivity (Wildman–Crippen MR) is 76.2 cm³/mol. The number of nitriles is 1. The van der Waals surface area contributed by atoms with Crippen LogP contribution in [0, 0.1) is 11.3 Å². The molecule has 0 aromatic carbocycles. The molecule has 0 radical (unpaired) electrons. The molecular weight excluding hydrogens is 254 g/mol. The van der Waals surface area contributed by atoms with E-state index in [9.17, 15) is 10.1 Å². The van der Waals surface area contributed by atoms with Crippen LogP contribution in [0.3, 0.4) is 0 Å². The number of ether oxygens (including phenoxy) is 1. The van der Waals surface area contributed by atoms with Gasteiger partial charge in [-0.25, -0.2) is 4.79 Å². The highest BCUT2D eigenvalue weighted by Crippen LogP contribution is 2.30. The lowest BCUT2D eigenvalue weighted by molar-refractivity contribution is -0.0388. The number of rotatable bonds is 1. The van der Waals surface area contributed by atoms with E-state index < -0.39 is 11.1 Å². The van der Waals surface area contributed by atoms with Gasteiger partial charge in [-0.05, 0) is 46.7 Å². The number of nitrogens with zero attached hydrogens (tertiary/aromatic N) is 3. The van der Waals surface area contributed by atoms with Crippen molar-refractivity contribution < 1.29 is 9.53 Å². The van der Waals surface area contributed by atoms with Gasteiger partial charge in [-0.1, -0.05) is 12.8 Å². The third-order valence-electron chi connectivity index (χ3n) is 3.98. The first-order valence-electron chi connectivity index (χ1n) is 7.51. The average Bonchev–Trinajstić information content (AvgIpc) is 2.55. The van der Waals surface area contributed by atoms with E-state index in [1.807, 2.05) is 20.8 Å². The van der Waals surface area contributed by atoms with E-state index in [-0.39, 0.29) is 6.09 Å². The standard InChI is InChI=1S/C15H25N3O2/c1-14(2,3)20-13(19)17-11-15(10-16,12-17)18-8-6-4-5-7-9-18/h4-9,11-12H2,1-3H3. The van der Waals surface area contributed by atoms with Gasteiger partial charge in [0.1, 0.15) is 11.1 Å². The summed E-state index contributed by atoms with van der Waals surface area (Å²) < 4.78 is 5.35. The highest BCUT2D eigenvalue weighted by Gasteiger charge is 2.50. The summed E-state index contributed by atoms with van der Waals surface area (Å²) in [6, 6.07) is 2.44. The molecule has 5 nitrogen and oxygen atoms in total. The van der Waals surface area contributed by atoms with Gasteiger partial charge in [-0.3, -0.25) is 4.90 Å². The van der Waals surface area contributed by atoms with Gasteiger partial charge in [0.15, 0.2) is 0 Å². The largest absolute Gasteiger partial charge is 0.444 e. The van der Waals surface area contributed by atoms with Crippen molar-refractivity contribution >= 4 is 6.09 Å². The molecule has 2 aliphatic heterocycles. The lowest BCUT2D eigenvalue weighted by Crippen LogP contribution is -2.71. The highest BCUT2D eigenvalue weighted by molar-refractivity contribution is 5.70. The summed E-state index contributed by atoms with van der Waals surface area (Å²) in [5.41, 5.74) is -0.966. The number of hydrogen-bond donors (Lipinski definition) is 0. The number of carbonyl (C=O) groups excluding carboxylic acids is 1. The molecule has 0 unspecified atom stereocenters. The van der Waals surface area contributed by atoms with Crippen LogP contribution in [0.2, 0.25) is 0 Å². The van der Waals surface area contributed by atoms with Crippen LogP contribution in [0.25, 0.3) is 0 Å². The lowest BCUT2D eigenvalue weighted by Gasteiger charge is -2.51.